The first-order chi connectivity index (χ1) is 9.54. The van der Waals surface area contributed by atoms with Crippen LogP contribution in [0.1, 0.15) is 22.8 Å². The van der Waals surface area contributed by atoms with Crippen LogP contribution in [-0.4, -0.2) is 12.4 Å². The molecule has 0 aliphatic carbocycles. The molecule has 2 aromatic carbocycles. The zero-order valence-electron chi connectivity index (χ0n) is 10.6. The van der Waals surface area contributed by atoms with Crippen molar-refractivity contribution in [2.24, 2.45) is 0 Å². The summed E-state index contributed by atoms with van der Waals surface area (Å²) in [5, 5.41) is 0. The van der Waals surface area contributed by atoms with Crippen LogP contribution in [0.5, 0.6) is 5.75 Å². The van der Waals surface area contributed by atoms with Gasteiger partial charge < -0.3 is 4.74 Å². The fourth-order valence-electron chi connectivity index (χ4n) is 1.75. The predicted molar refractivity (Wildman–Crippen MR) is 75.1 cm³/mol. The fraction of sp³-hybridized carbons (Fsp3) is 0.133. The summed E-state index contributed by atoms with van der Waals surface area (Å²) in [7, 11) is 0. The van der Waals surface area contributed by atoms with E-state index in [0.717, 1.165) is 6.07 Å². The van der Waals surface area contributed by atoms with Gasteiger partial charge in [0.05, 0.1) is 16.6 Å². The van der Waals surface area contributed by atoms with Gasteiger partial charge in [-0.1, -0.05) is 0 Å². The van der Waals surface area contributed by atoms with Gasteiger partial charge in [0.1, 0.15) is 11.6 Å². The molecule has 0 amide bonds. The lowest BCUT2D eigenvalue weighted by Gasteiger charge is -2.07. The first-order valence-electron chi connectivity index (χ1n) is 5.95. The molecule has 20 heavy (non-hydrogen) atoms. The Bertz CT molecular complexity index is 639. The predicted octanol–water partition coefficient (Wildman–Crippen LogP) is 4.36. The van der Waals surface area contributed by atoms with Gasteiger partial charge in [-0.3, -0.25) is 4.79 Å². The third-order valence-corrected chi connectivity index (χ3v) is 3.31. The molecule has 0 fully saturated rings. The molecule has 0 bridgehead atoms. The van der Waals surface area contributed by atoms with Crippen LogP contribution in [0.25, 0.3) is 0 Å². The number of hydrogen-bond donors (Lipinski definition) is 0. The van der Waals surface area contributed by atoms with Gasteiger partial charge in [0.2, 0.25) is 0 Å². The van der Waals surface area contributed by atoms with Crippen LogP contribution in [0.3, 0.4) is 0 Å². The molecular formula is C15H11BrF2O2. The lowest BCUT2D eigenvalue weighted by atomic mass is 10.0. The smallest absolute Gasteiger partial charge is 0.198 e. The van der Waals surface area contributed by atoms with Gasteiger partial charge in [-0.05, 0) is 59.3 Å². The van der Waals surface area contributed by atoms with Crippen LogP contribution < -0.4 is 4.74 Å². The van der Waals surface area contributed by atoms with Crippen LogP contribution in [0.2, 0.25) is 0 Å². The fourth-order valence-corrected chi connectivity index (χ4v) is 2.08. The molecule has 0 aliphatic heterocycles. The highest BCUT2D eigenvalue weighted by atomic mass is 79.9. The second-order valence-corrected chi connectivity index (χ2v) is 4.86. The lowest BCUT2D eigenvalue weighted by Crippen LogP contribution is -2.08. The highest BCUT2D eigenvalue weighted by molar-refractivity contribution is 9.10. The van der Waals surface area contributed by atoms with Crippen molar-refractivity contribution in [3.8, 4) is 5.75 Å². The van der Waals surface area contributed by atoms with E-state index >= 15 is 0 Å². The lowest BCUT2D eigenvalue weighted by molar-refractivity contribution is 0.103. The van der Waals surface area contributed by atoms with Crippen molar-refractivity contribution in [1.29, 1.82) is 0 Å². The number of halogens is 3. The van der Waals surface area contributed by atoms with E-state index in [4.69, 9.17) is 4.74 Å². The Balaban J connectivity index is 2.39. The average molecular weight is 341 g/mol. The molecule has 2 aromatic rings. The molecule has 0 heterocycles. The number of ether oxygens (including phenoxy) is 1. The minimum atomic E-state index is -0.899. The Morgan fingerprint density at radius 2 is 1.80 bits per heavy atom. The first-order valence-corrected chi connectivity index (χ1v) is 6.75. The van der Waals surface area contributed by atoms with Gasteiger partial charge in [-0.15, -0.1) is 0 Å². The summed E-state index contributed by atoms with van der Waals surface area (Å²) in [5.41, 5.74) is -0.368. The highest BCUT2D eigenvalue weighted by Crippen LogP contribution is 2.24. The second-order valence-electron chi connectivity index (χ2n) is 4.00. The second kappa shape index (κ2) is 6.13. The third kappa shape index (κ3) is 2.88. The Morgan fingerprint density at radius 3 is 2.40 bits per heavy atom. The SMILES string of the molecule is CCOc1ccc(C(=O)c2c(F)ccc(Br)c2F)cc1. The van der Waals surface area contributed by atoms with Gasteiger partial charge in [0.15, 0.2) is 11.6 Å². The number of benzene rings is 2. The molecule has 0 saturated heterocycles. The summed E-state index contributed by atoms with van der Waals surface area (Å²) in [6, 6.07) is 8.41. The van der Waals surface area contributed by atoms with E-state index in [0.29, 0.717) is 12.4 Å². The monoisotopic (exact) mass is 340 g/mol. The number of carbonyl (C=O) groups is 1. The first kappa shape index (κ1) is 14.7. The van der Waals surface area contributed by atoms with E-state index in [2.05, 4.69) is 15.9 Å². The van der Waals surface area contributed by atoms with Crippen molar-refractivity contribution in [3.63, 3.8) is 0 Å². The van der Waals surface area contributed by atoms with Gasteiger partial charge in [0, 0.05) is 5.56 Å². The molecule has 0 radical (unpaired) electrons. The number of hydrogen-bond acceptors (Lipinski definition) is 2. The molecule has 2 nitrogen and oxygen atoms in total. The van der Waals surface area contributed by atoms with Crippen LogP contribution in [0.4, 0.5) is 8.78 Å². The summed E-state index contributed by atoms with van der Waals surface area (Å²) >= 11 is 2.94. The topological polar surface area (TPSA) is 26.3 Å². The van der Waals surface area contributed by atoms with Crippen molar-refractivity contribution in [3.05, 3.63) is 63.6 Å². The molecule has 0 unspecified atom stereocenters. The van der Waals surface area contributed by atoms with Gasteiger partial charge in [-0.2, -0.15) is 0 Å². The Morgan fingerprint density at radius 1 is 1.15 bits per heavy atom. The number of carbonyl (C=O) groups excluding carboxylic acids is 1. The van der Waals surface area contributed by atoms with Crippen molar-refractivity contribution < 1.29 is 18.3 Å². The van der Waals surface area contributed by atoms with Crippen LogP contribution in [0, 0.1) is 11.6 Å². The van der Waals surface area contributed by atoms with E-state index in [-0.39, 0.29) is 10.0 Å². The summed E-state index contributed by atoms with van der Waals surface area (Å²) < 4.78 is 32.8. The van der Waals surface area contributed by atoms with Crippen molar-refractivity contribution in [2.75, 3.05) is 6.61 Å². The van der Waals surface area contributed by atoms with Gasteiger partial charge in [0.25, 0.3) is 0 Å². The van der Waals surface area contributed by atoms with Crippen LogP contribution in [-0.2, 0) is 0 Å². The zero-order valence-corrected chi connectivity index (χ0v) is 12.2. The Hall–Kier alpha value is -1.75. The van der Waals surface area contributed by atoms with E-state index < -0.39 is 23.0 Å². The molecule has 0 N–H and O–H groups in total. The summed E-state index contributed by atoms with van der Waals surface area (Å²) in [6.45, 7) is 2.34. The molecule has 2 rings (SSSR count). The zero-order chi connectivity index (χ0) is 14.7. The summed E-state index contributed by atoms with van der Waals surface area (Å²) in [6.07, 6.45) is 0. The molecule has 0 aromatic heterocycles. The summed E-state index contributed by atoms with van der Waals surface area (Å²) in [4.78, 5) is 12.2. The van der Waals surface area contributed by atoms with Gasteiger partial charge in [-0.25, -0.2) is 8.78 Å². The van der Waals surface area contributed by atoms with Crippen molar-refractivity contribution in [2.45, 2.75) is 6.92 Å². The average Bonchev–Trinajstić information content (AvgIpc) is 2.44. The number of rotatable bonds is 4. The normalized spacial score (nSPS) is 10.4. The standard InChI is InChI=1S/C15H11BrF2O2/c1-2-20-10-5-3-9(4-6-10)15(19)13-12(17)8-7-11(16)14(13)18/h3-8H,2H2,1H3. The third-order valence-electron chi connectivity index (χ3n) is 2.70. The molecule has 104 valence electrons. The summed E-state index contributed by atoms with van der Waals surface area (Å²) in [5.74, 6) is -1.89. The van der Waals surface area contributed by atoms with Crippen molar-refractivity contribution >= 4 is 21.7 Å². The quantitative estimate of drug-likeness (QED) is 0.610. The van der Waals surface area contributed by atoms with Gasteiger partial charge >= 0.3 is 0 Å². The minimum Gasteiger partial charge on any atom is -0.494 e. The Labute approximate surface area is 123 Å². The molecule has 0 spiro atoms. The van der Waals surface area contributed by atoms with E-state index in [1.807, 2.05) is 6.92 Å². The maximum absolute atomic E-state index is 13.9. The molecule has 0 aliphatic rings. The molecule has 0 saturated carbocycles. The highest BCUT2D eigenvalue weighted by Gasteiger charge is 2.21. The maximum atomic E-state index is 13.9. The van der Waals surface area contributed by atoms with Crippen molar-refractivity contribution in [1.82, 2.24) is 0 Å². The Kier molecular flexibility index (Phi) is 4.49. The van der Waals surface area contributed by atoms with E-state index in [1.54, 1.807) is 12.1 Å². The van der Waals surface area contributed by atoms with Crippen LogP contribution >= 0.6 is 15.9 Å². The van der Waals surface area contributed by atoms with E-state index in [1.165, 1.54) is 18.2 Å². The molecule has 0 atom stereocenters. The molecular weight excluding hydrogens is 330 g/mol. The van der Waals surface area contributed by atoms with Crippen LogP contribution in [0.15, 0.2) is 40.9 Å². The number of ketones is 1. The largest absolute Gasteiger partial charge is 0.494 e. The maximum Gasteiger partial charge on any atom is 0.198 e. The minimum absolute atomic E-state index is 0.0492. The van der Waals surface area contributed by atoms with E-state index in [9.17, 15) is 13.6 Å². The molecule has 5 heteroatoms.